The molecular formula is C11H16N2O3S. The Labute approximate surface area is 104 Å². The second-order valence-electron chi connectivity index (χ2n) is 4.27. The molecule has 5 nitrogen and oxygen atoms in total. The first-order valence-electron chi connectivity index (χ1n) is 5.38. The van der Waals surface area contributed by atoms with Crippen molar-refractivity contribution in [2.45, 2.75) is 27.2 Å². The number of nitrogens with one attached hydrogen (secondary N) is 2. The van der Waals surface area contributed by atoms with E-state index in [-0.39, 0.29) is 22.7 Å². The summed E-state index contributed by atoms with van der Waals surface area (Å²) in [5, 5.41) is 0. The zero-order valence-electron chi connectivity index (χ0n) is 10.1. The monoisotopic (exact) mass is 256 g/mol. The first-order chi connectivity index (χ1) is 7.90. The molecule has 0 aromatic carbocycles. The predicted octanol–water partition coefficient (Wildman–Crippen LogP) is 1.48. The summed E-state index contributed by atoms with van der Waals surface area (Å²) in [5.41, 5.74) is 0.625. The van der Waals surface area contributed by atoms with Gasteiger partial charge in [-0.15, -0.1) is 0 Å². The van der Waals surface area contributed by atoms with Crippen molar-refractivity contribution in [3.63, 3.8) is 0 Å². The van der Waals surface area contributed by atoms with Gasteiger partial charge in [-0.05, 0) is 25.1 Å². The number of carbonyl (C=O) groups is 1. The third kappa shape index (κ3) is 4.14. The van der Waals surface area contributed by atoms with E-state index in [0.29, 0.717) is 17.9 Å². The molecule has 0 atom stereocenters. The van der Waals surface area contributed by atoms with Crippen molar-refractivity contribution in [2.24, 2.45) is 5.92 Å². The minimum atomic E-state index is -0.405. The molecule has 0 fully saturated rings. The second-order valence-corrected chi connectivity index (χ2v) is 4.67. The van der Waals surface area contributed by atoms with Crippen molar-refractivity contribution >= 4 is 18.2 Å². The van der Waals surface area contributed by atoms with Gasteiger partial charge in [0.15, 0.2) is 4.77 Å². The Morgan fingerprint density at radius 3 is 2.59 bits per heavy atom. The first-order valence-corrected chi connectivity index (χ1v) is 5.78. The first kappa shape index (κ1) is 13.6. The summed E-state index contributed by atoms with van der Waals surface area (Å²) in [5.74, 6) is -0.127. The fraction of sp³-hybridized carbons (Fsp3) is 0.545. The highest BCUT2D eigenvalue weighted by molar-refractivity contribution is 7.71. The van der Waals surface area contributed by atoms with Crippen LogP contribution >= 0.6 is 12.2 Å². The number of rotatable bonds is 4. The number of esters is 1. The van der Waals surface area contributed by atoms with E-state index in [1.807, 2.05) is 13.8 Å². The molecule has 0 saturated carbocycles. The molecule has 1 heterocycles. The average Bonchev–Trinajstić information content (AvgIpc) is 2.20. The fourth-order valence-corrected chi connectivity index (χ4v) is 1.54. The van der Waals surface area contributed by atoms with Crippen LogP contribution in [0.1, 0.15) is 25.1 Å². The molecule has 0 radical (unpaired) electrons. The molecule has 0 saturated heterocycles. The Kier molecular flexibility index (Phi) is 4.62. The van der Waals surface area contributed by atoms with E-state index in [2.05, 4.69) is 9.97 Å². The number of H-pyrrole nitrogens is 2. The normalized spacial score (nSPS) is 10.6. The molecule has 1 aromatic rings. The van der Waals surface area contributed by atoms with Crippen LogP contribution in [0.25, 0.3) is 0 Å². The van der Waals surface area contributed by atoms with Crippen molar-refractivity contribution < 1.29 is 9.53 Å². The van der Waals surface area contributed by atoms with E-state index >= 15 is 0 Å². The molecule has 0 bridgehead atoms. The summed E-state index contributed by atoms with van der Waals surface area (Å²) >= 11 is 4.82. The zero-order valence-corrected chi connectivity index (χ0v) is 10.9. The maximum atomic E-state index is 11.6. The van der Waals surface area contributed by atoms with Crippen LogP contribution in [-0.2, 0) is 16.0 Å². The SMILES string of the molecule is Cc1[nH]c(=S)[nH]c(=O)c1CC(=O)OCC(C)C. The lowest BCUT2D eigenvalue weighted by molar-refractivity contribution is -0.143. The Hall–Kier alpha value is -1.43. The van der Waals surface area contributed by atoms with E-state index in [1.165, 1.54) is 0 Å². The van der Waals surface area contributed by atoms with Crippen molar-refractivity contribution in [3.8, 4) is 0 Å². The third-order valence-corrected chi connectivity index (χ3v) is 2.36. The van der Waals surface area contributed by atoms with Crippen molar-refractivity contribution in [3.05, 3.63) is 26.4 Å². The van der Waals surface area contributed by atoms with Crippen molar-refractivity contribution in [2.75, 3.05) is 6.61 Å². The lowest BCUT2D eigenvalue weighted by Crippen LogP contribution is -2.21. The minimum absolute atomic E-state index is 0.0417. The maximum absolute atomic E-state index is 11.6. The quantitative estimate of drug-likeness (QED) is 0.632. The highest BCUT2D eigenvalue weighted by atomic mass is 32.1. The number of ether oxygens (including phenoxy) is 1. The molecule has 6 heteroatoms. The topological polar surface area (TPSA) is 75.0 Å². The van der Waals surface area contributed by atoms with Crippen molar-refractivity contribution in [1.82, 2.24) is 9.97 Å². The summed E-state index contributed by atoms with van der Waals surface area (Å²) in [7, 11) is 0. The van der Waals surface area contributed by atoms with Crippen LogP contribution in [0.2, 0.25) is 0 Å². The van der Waals surface area contributed by atoms with Gasteiger partial charge in [0.1, 0.15) is 0 Å². The van der Waals surface area contributed by atoms with Gasteiger partial charge in [-0.25, -0.2) is 0 Å². The molecule has 2 N–H and O–H groups in total. The van der Waals surface area contributed by atoms with Gasteiger partial charge in [0.25, 0.3) is 5.56 Å². The molecule has 0 aliphatic heterocycles. The highest BCUT2D eigenvalue weighted by Crippen LogP contribution is 2.01. The standard InChI is InChI=1S/C11H16N2O3S/c1-6(2)5-16-9(14)4-8-7(3)12-11(17)13-10(8)15/h6H,4-5H2,1-3H3,(H2,12,13,15,17). The van der Waals surface area contributed by atoms with Gasteiger partial charge in [-0.1, -0.05) is 13.8 Å². The van der Waals surface area contributed by atoms with Crippen LogP contribution in [-0.4, -0.2) is 22.5 Å². The zero-order chi connectivity index (χ0) is 13.0. The Balaban J connectivity index is 2.79. The van der Waals surface area contributed by atoms with Crippen LogP contribution in [0.15, 0.2) is 4.79 Å². The van der Waals surface area contributed by atoms with Gasteiger partial charge in [0.2, 0.25) is 0 Å². The summed E-state index contributed by atoms with van der Waals surface area (Å²) in [6.07, 6.45) is -0.0417. The van der Waals surface area contributed by atoms with E-state index < -0.39 is 5.97 Å². The van der Waals surface area contributed by atoms with E-state index in [1.54, 1.807) is 6.92 Å². The smallest absolute Gasteiger partial charge is 0.310 e. The van der Waals surface area contributed by atoms with E-state index in [9.17, 15) is 9.59 Å². The summed E-state index contributed by atoms with van der Waals surface area (Å²) in [6, 6.07) is 0. The molecule has 0 aliphatic rings. The lowest BCUT2D eigenvalue weighted by Gasteiger charge is -2.07. The van der Waals surface area contributed by atoms with Gasteiger partial charge in [-0.2, -0.15) is 0 Å². The third-order valence-electron chi connectivity index (χ3n) is 2.15. The molecule has 0 unspecified atom stereocenters. The molecule has 94 valence electrons. The number of carbonyl (C=O) groups excluding carboxylic acids is 1. The van der Waals surface area contributed by atoms with E-state index in [0.717, 1.165) is 0 Å². The van der Waals surface area contributed by atoms with Crippen LogP contribution < -0.4 is 5.56 Å². The highest BCUT2D eigenvalue weighted by Gasteiger charge is 2.12. The van der Waals surface area contributed by atoms with Gasteiger partial charge in [0, 0.05) is 11.3 Å². The largest absolute Gasteiger partial charge is 0.465 e. The molecule has 1 aromatic heterocycles. The van der Waals surface area contributed by atoms with Crippen LogP contribution in [0.3, 0.4) is 0 Å². The van der Waals surface area contributed by atoms with E-state index in [4.69, 9.17) is 17.0 Å². The Morgan fingerprint density at radius 1 is 1.41 bits per heavy atom. The van der Waals surface area contributed by atoms with Crippen LogP contribution in [0, 0.1) is 17.6 Å². The lowest BCUT2D eigenvalue weighted by atomic mass is 10.2. The molecule has 1 rings (SSSR count). The summed E-state index contributed by atoms with van der Waals surface area (Å²) in [6.45, 7) is 5.96. The fourth-order valence-electron chi connectivity index (χ4n) is 1.29. The molecular weight excluding hydrogens is 240 g/mol. The van der Waals surface area contributed by atoms with Gasteiger partial charge < -0.3 is 9.72 Å². The van der Waals surface area contributed by atoms with Crippen LogP contribution in [0.4, 0.5) is 0 Å². The van der Waals surface area contributed by atoms with Gasteiger partial charge in [0.05, 0.1) is 13.0 Å². The average molecular weight is 256 g/mol. The number of hydrogen-bond acceptors (Lipinski definition) is 4. The maximum Gasteiger partial charge on any atom is 0.310 e. The minimum Gasteiger partial charge on any atom is -0.465 e. The number of aryl methyl sites for hydroxylation is 1. The van der Waals surface area contributed by atoms with Gasteiger partial charge >= 0.3 is 5.97 Å². The second kappa shape index (κ2) is 5.77. The number of aromatic amines is 2. The Bertz CT molecular complexity index is 516. The van der Waals surface area contributed by atoms with Gasteiger partial charge in [-0.3, -0.25) is 14.6 Å². The number of aromatic nitrogens is 2. The molecule has 0 spiro atoms. The Morgan fingerprint density at radius 2 is 2.06 bits per heavy atom. The van der Waals surface area contributed by atoms with Crippen molar-refractivity contribution in [1.29, 1.82) is 0 Å². The van der Waals surface area contributed by atoms with Crippen LogP contribution in [0.5, 0.6) is 0 Å². The predicted molar refractivity (Wildman–Crippen MR) is 66.5 cm³/mol. The molecule has 17 heavy (non-hydrogen) atoms. The summed E-state index contributed by atoms with van der Waals surface area (Å²) in [4.78, 5) is 28.3. The summed E-state index contributed by atoms with van der Waals surface area (Å²) < 4.78 is 5.27. The number of hydrogen-bond donors (Lipinski definition) is 2. The molecule has 0 amide bonds. The molecule has 0 aliphatic carbocycles.